The Labute approximate surface area is 107 Å². The predicted octanol–water partition coefficient (Wildman–Crippen LogP) is 3.29. The van der Waals surface area contributed by atoms with E-state index in [0.717, 1.165) is 13.1 Å². The minimum atomic E-state index is -1.14. The van der Waals surface area contributed by atoms with E-state index in [4.69, 9.17) is 0 Å². The highest BCUT2D eigenvalue weighted by molar-refractivity contribution is 6.88. The Hall–Kier alpha value is -0.863. The maximum absolute atomic E-state index is 3.43. The van der Waals surface area contributed by atoms with Crippen LogP contribution < -0.4 is 10.5 Å². The lowest BCUT2D eigenvalue weighted by atomic mass is 10.2. The molecule has 0 spiro atoms. The molecule has 1 aromatic rings. The molecule has 0 atom stereocenters. The lowest BCUT2D eigenvalue weighted by Gasteiger charge is -2.16. The van der Waals surface area contributed by atoms with Gasteiger partial charge in [-0.05, 0) is 19.4 Å². The second-order valence-electron chi connectivity index (χ2n) is 5.86. The molecule has 94 valence electrons. The molecule has 0 aliphatic heterocycles. The molecule has 17 heavy (non-hydrogen) atoms. The smallest absolute Gasteiger partial charge is 0.0775 e. The molecule has 0 radical (unpaired) electrons. The van der Waals surface area contributed by atoms with Crippen molar-refractivity contribution in [1.29, 1.82) is 0 Å². The molecule has 2 heteroatoms. The van der Waals surface area contributed by atoms with E-state index in [0.29, 0.717) is 0 Å². The van der Waals surface area contributed by atoms with Gasteiger partial charge in [-0.2, -0.15) is 0 Å². The molecule has 0 saturated heterocycles. The minimum Gasteiger partial charge on any atom is -0.309 e. The van der Waals surface area contributed by atoms with Gasteiger partial charge in [0.05, 0.1) is 8.07 Å². The molecule has 0 aliphatic rings. The fourth-order valence-electron chi connectivity index (χ4n) is 1.62. The van der Waals surface area contributed by atoms with Gasteiger partial charge in [0.1, 0.15) is 0 Å². The van der Waals surface area contributed by atoms with E-state index in [2.05, 4.69) is 69.1 Å². The summed E-state index contributed by atoms with van der Waals surface area (Å²) in [6.07, 6.45) is 2.22. The van der Waals surface area contributed by atoms with Crippen LogP contribution >= 0.6 is 0 Å². The molecule has 1 N–H and O–H groups in total. The van der Waals surface area contributed by atoms with Crippen LogP contribution in [0, 0.1) is 0 Å². The summed E-state index contributed by atoms with van der Waals surface area (Å²) in [5.41, 5.74) is 2.74. The van der Waals surface area contributed by atoms with Crippen molar-refractivity contribution < 1.29 is 0 Å². The largest absolute Gasteiger partial charge is 0.309 e. The normalized spacial score (nSPS) is 11.4. The third-order valence-electron chi connectivity index (χ3n) is 2.80. The first-order valence-corrected chi connectivity index (χ1v) is 9.83. The van der Waals surface area contributed by atoms with Crippen LogP contribution in [0.2, 0.25) is 19.6 Å². The van der Waals surface area contributed by atoms with Crippen molar-refractivity contribution in [1.82, 2.24) is 5.32 Å². The predicted molar refractivity (Wildman–Crippen MR) is 80.6 cm³/mol. The Balaban J connectivity index is 2.49. The third kappa shape index (κ3) is 5.33. The first-order valence-electron chi connectivity index (χ1n) is 6.33. The van der Waals surface area contributed by atoms with Crippen LogP contribution in [0.15, 0.2) is 35.9 Å². The lowest BCUT2D eigenvalue weighted by molar-refractivity contribution is 0.757. The van der Waals surface area contributed by atoms with Crippen LogP contribution in [0.5, 0.6) is 0 Å². The quantitative estimate of drug-likeness (QED) is 0.478. The third-order valence-corrected chi connectivity index (χ3v) is 4.87. The SMILES string of the molecule is CC(C)=CCNCc1ccc([Si](C)(C)C)cc1. The molecular formula is C15H25NSi. The lowest BCUT2D eigenvalue weighted by Crippen LogP contribution is -2.37. The molecule has 0 unspecified atom stereocenters. The Morgan fingerprint density at radius 2 is 1.71 bits per heavy atom. The maximum atomic E-state index is 3.43. The van der Waals surface area contributed by atoms with Gasteiger partial charge in [-0.3, -0.25) is 0 Å². The molecule has 0 fully saturated rings. The molecule has 0 aliphatic carbocycles. The van der Waals surface area contributed by atoms with Crippen molar-refractivity contribution in [2.45, 2.75) is 40.0 Å². The van der Waals surface area contributed by atoms with Crippen LogP contribution in [-0.2, 0) is 6.54 Å². The fraction of sp³-hybridized carbons (Fsp3) is 0.467. The Kier molecular flexibility index (Phi) is 5.16. The van der Waals surface area contributed by atoms with Crippen molar-refractivity contribution in [3.05, 3.63) is 41.5 Å². The molecular weight excluding hydrogens is 222 g/mol. The van der Waals surface area contributed by atoms with E-state index in [-0.39, 0.29) is 0 Å². The van der Waals surface area contributed by atoms with Crippen LogP contribution in [-0.4, -0.2) is 14.6 Å². The van der Waals surface area contributed by atoms with E-state index in [1.165, 1.54) is 16.3 Å². The zero-order chi connectivity index (χ0) is 12.9. The van der Waals surface area contributed by atoms with Gasteiger partial charge >= 0.3 is 0 Å². The number of hydrogen-bond donors (Lipinski definition) is 1. The van der Waals surface area contributed by atoms with Gasteiger partial charge in [0.25, 0.3) is 0 Å². The number of rotatable bonds is 5. The van der Waals surface area contributed by atoms with E-state index in [1.807, 2.05) is 0 Å². The Morgan fingerprint density at radius 3 is 2.18 bits per heavy atom. The number of benzene rings is 1. The molecule has 0 saturated carbocycles. The number of nitrogens with one attached hydrogen (secondary N) is 1. The van der Waals surface area contributed by atoms with E-state index < -0.39 is 8.07 Å². The summed E-state index contributed by atoms with van der Waals surface area (Å²) in [4.78, 5) is 0. The van der Waals surface area contributed by atoms with Crippen molar-refractivity contribution >= 4 is 13.3 Å². The second-order valence-corrected chi connectivity index (χ2v) is 10.9. The van der Waals surface area contributed by atoms with Gasteiger partial charge < -0.3 is 5.32 Å². The van der Waals surface area contributed by atoms with Crippen molar-refractivity contribution in [3.8, 4) is 0 Å². The zero-order valence-electron chi connectivity index (χ0n) is 11.8. The molecule has 1 nitrogen and oxygen atoms in total. The second kappa shape index (κ2) is 6.17. The summed E-state index contributed by atoms with van der Waals surface area (Å²) in [6, 6.07) is 9.10. The van der Waals surface area contributed by atoms with E-state index in [9.17, 15) is 0 Å². The maximum Gasteiger partial charge on any atom is 0.0775 e. The Morgan fingerprint density at radius 1 is 1.12 bits per heavy atom. The van der Waals surface area contributed by atoms with Gasteiger partial charge in [-0.25, -0.2) is 0 Å². The molecule has 0 heterocycles. The minimum absolute atomic E-state index is 0.954. The molecule has 1 rings (SSSR count). The van der Waals surface area contributed by atoms with Crippen molar-refractivity contribution in [2.24, 2.45) is 0 Å². The van der Waals surface area contributed by atoms with Crippen LogP contribution in [0.25, 0.3) is 0 Å². The van der Waals surface area contributed by atoms with Crippen molar-refractivity contribution in [3.63, 3.8) is 0 Å². The zero-order valence-corrected chi connectivity index (χ0v) is 12.8. The number of allylic oxidation sites excluding steroid dienone is 1. The average molecular weight is 247 g/mol. The molecule has 0 amide bonds. The summed E-state index contributed by atoms with van der Waals surface area (Å²) in [5.74, 6) is 0. The number of hydrogen-bond acceptors (Lipinski definition) is 1. The highest BCUT2D eigenvalue weighted by atomic mass is 28.3. The summed E-state index contributed by atoms with van der Waals surface area (Å²) in [5, 5.41) is 4.96. The van der Waals surface area contributed by atoms with Gasteiger partial charge in [0.2, 0.25) is 0 Å². The summed E-state index contributed by atoms with van der Waals surface area (Å²) in [7, 11) is -1.14. The highest BCUT2D eigenvalue weighted by Crippen LogP contribution is 2.04. The van der Waals surface area contributed by atoms with E-state index in [1.54, 1.807) is 0 Å². The van der Waals surface area contributed by atoms with Crippen molar-refractivity contribution in [2.75, 3.05) is 6.54 Å². The fourth-order valence-corrected chi connectivity index (χ4v) is 2.78. The Bertz CT molecular complexity index is 367. The van der Waals surface area contributed by atoms with E-state index >= 15 is 0 Å². The first kappa shape index (κ1) is 14.2. The van der Waals surface area contributed by atoms with Crippen LogP contribution in [0.3, 0.4) is 0 Å². The monoisotopic (exact) mass is 247 g/mol. The summed E-state index contributed by atoms with van der Waals surface area (Å²) in [6.45, 7) is 13.3. The summed E-state index contributed by atoms with van der Waals surface area (Å²) < 4.78 is 0. The molecule has 0 aromatic heterocycles. The van der Waals surface area contributed by atoms with Gasteiger partial charge in [0.15, 0.2) is 0 Å². The van der Waals surface area contributed by atoms with Gasteiger partial charge in [-0.15, -0.1) is 0 Å². The highest BCUT2D eigenvalue weighted by Gasteiger charge is 2.15. The van der Waals surface area contributed by atoms with Crippen LogP contribution in [0.1, 0.15) is 19.4 Å². The van der Waals surface area contributed by atoms with Gasteiger partial charge in [0, 0.05) is 13.1 Å². The standard InChI is InChI=1S/C15H25NSi/c1-13(2)10-11-16-12-14-6-8-15(9-7-14)17(3,4)5/h6-10,16H,11-12H2,1-5H3. The van der Waals surface area contributed by atoms with Gasteiger partial charge in [-0.1, -0.05) is 60.7 Å². The molecule has 0 bridgehead atoms. The summed E-state index contributed by atoms with van der Waals surface area (Å²) >= 11 is 0. The first-order chi connectivity index (χ1) is 7.89. The topological polar surface area (TPSA) is 12.0 Å². The van der Waals surface area contributed by atoms with Crippen LogP contribution in [0.4, 0.5) is 0 Å². The molecule has 1 aromatic carbocycles. The average Bonchev–Trinajstić information content (AvgIpc) is 2.23.